The third-order valence-corrected chi connectivity index (χ3v) is 3.87. The predicted molar refractivity (Wildman–Crippen MR) is 89.7 cm³/mol. The minimum absolute atomic E-state index is 0.257. The van der Waals surface area contributed by atoms with E-state index in [1.807, 2.05) is 37.4 Å². The first-order chi connectivity index (χ1) is 11.1. The maximum atomic E-state index is 12.2. The van der Waals surface area contributed by atoms with Crippen molar-refractivity contribution in [2.45, 2.75) is 33.2 Å². The van der Waals surface area contributed by atoms with E-state index in [1.54, 1.807) is 4.68 Å². The summed E-state index contributed by atoms with van der Waals surface area (Å²) < 4.78 is 6.90. The number of hydrogen-bond donors (Lipinski definition) is 1. The molecule has 0 saturated heterocycles. The van der Waals surface area contributed by atoms with Gasteiger partial charge in [0.05, 0.1) is 18.8 Å². The van der Waals surface area contributed by atoms with Gasteiger partial charge in [-0.25, -0.2) is 4.79 Å². The van der Waals surface area contributed by atoms with Crippen LogP contribution in [0, 0.1) is 0 Å². The van der Waals surface area contributed by atoms with Crippen LogP contribution in [-0.2, 0) is 11.3 Å². The number of aromatic amines is 1. The van der Waals surface area contributed by atoms with E-state index in [0.29, 0.717) is 18.8 Å². The van der Waals surface area contributed by atoms with Crippen LogP contribution in [0.3, 0.4) is 0 Å². The number of nitrogens with zero attached hydrogens (tertiary/aromatic N) is 2. The number of esters is 1. The topological polar surface area (TPSA) is 59.9 Å². The summed E-state index contributed by atoms with van der Waals surface area (Å²) in [6.07, 6.45) is 1.97. The standard InChI is InChI=1S/C18H21N3O2/c1-4-23-18(22)17-9-16(12(2)3)20-21(17)11-13-10-19-15-8-6-5-7-14(13)15/h5-10,12,19H,4,11H2,1-3H3. The van der Waals surface area contributed by atoms with Crippen molar-refractivity contribution in [3.05, 3.63) is 53.5 Å². The fraction of sp³-hybridized carbons (Fsp3) is 0.333. The largest absolute Gasteiger partial charge is 0.461 e. The summed E-state index contributed by atoms with van der Waals surface area (Å²) >= 11 is 0. The highest BCUT2D eigenvalue weighted by Gasteiger charge is 2.19. The Morgan fingerprint density at radius 3 is 2.87 bits per heavy atom. The maximum absolute atomic E-state index is 12.2. The van der Waals surface area contributed by atoms with Crippen molar-refractivity contribution in [3.8, 4) is 0 Å². The molecule has 2 aromatic heterocycles. The van der Waals surface area contributed by atoms with Gasteiger partial charge in [0.15, 0.2) is 0 Å². The number of hydrogen-bond acceptors (Lipinski definition) is 3. The highest BCUT2D eigenvalue weighted by Crippen LogP contribution is 2.21. The first kappa shape index (κ1) is 15.3. The molecule has 0 saturated carbocycles. The van der Waals surface area contributed by atoms with Crippen LogP contribution in [0.4, 0.5) is 0 Å². The monoisotopic (exact) mass is 311 g/mol. The van der Waals surface area contributed by atoms with Crippen LogP contribution >= 0.6 is 0 Å². The molecule has 0 aliphatic rings. The summed E-state index contributed by atoms with van der Waals surface area (Å²) in [6.45, 7) is 6.82. The Kier molecular flexibility index (Phi) is 4.19. The highest BCUT2D eigenvalue weighted by atomic mass is 16.5. The lowest BCUT2D eigenvalue weighted by atomic mass is 10.1. The molecule has 1 aromatic carbocycles. The van der Waals surface area contributed by atoms with Gasteiger partial charge in [-0.05, 0) is 30.5 Å². The molecule has 0 spiro atoms. The van der Waals surface area contributed by atoms with Crippen LogP contribution in [0.2, 0.25) is 0 Å². The second-order valence-corrected chi connectivity index (χ2v) is 5.85. The molecule has 0 fully saturated rings. The molecule has 0 unspecified atom stereocenters. The van der Waals surface area contributed by atoms with Crippen LogP contribution in [-0.4, -0.2) is 27.3 Å². The average molecular weight is 311 g/mol. The van der Waals surface area contributed by atoms with Gasteiger partial charge in [-0.2, -0.15) is 5.10 Å². The molecule has 0 amide bonds. The molecule has 120 valence electrons. The molecule has 0 aliphatic heterocycles. The fourth-order valence-electron chi connectivity index (χ4n) is 2.63. The maximum Gasteiger partial charge on any atom is 0.356 e. The van der Waals surface area contributed by atoms with E-state index in [9.17, 15) is 4.79 Å². The number of ether oxygens (including phenoxy) is 1. The molecule has 0 aliphatic carbocycles. The number of rotatable bonds is 5. The van der Waals surface area contributed by atoms with Crippen LogP contribution < -0.4 is 0 Å². The second-order valence-electron chi connectivity index (χ2n) is 5.85. The Morgan fingerprint density at radius 2 is 2.13 bits per heavy atom. The minimum atomic E-state index is -0.327. The summed E-state index contributed by atoms with van der Waals surface area (Å²) in [5, 5.41) is 5.74. The molecular weight excluding hydrogens is 290 g/mol. The van der Waals surface area contributed by atoms with E-state index in [1.165, 1.54) is 0 Å². The van der Waals surface area contributed by atoms with Crippen molar-refractivity contribution >= 4 is 16.9 Å². The average Bonchev–Trinajstić information content (AvgIpc) is 3.13. The van der Waals surface area contributed by atoms with Crippen LogP contribution in [0.25, 0.3) is 10.9 Å². The number of aromatic nitrogens is 3. The lowest BCUT2D eigenvalue weighted by Gasteiger charge is -2.06. The third kappa shape index (κ3) is 2.99. The summed E-state index contributed by atoms with van der Waals surface area (Å²) in [6, 6.07) is 9.94. The highest BCUT2D eigenvalue weighted by molar-refractivity contribution is 5.88. The molecule has 5 heteroatoms. The molecule has 3 rings (SSSR count). The number of carbonyl (C=O) groups excluding carboxylic acids is 1. The van der Waals surface area contributed by atoms with Crippen LogP contribution in [0.5, 0.6) is 0 Å². The van der Waals surface area contributed by atoms with Crippen LogP contribution in [0.1, 0.15) is 48.4 Å². The zero-order valence-electron chi connectivity index (χ0n) is 13.7. The number of carbonyl (C=O) groups is 1. The van der Waals surface area contributed by atoms with Gasteiger partial charge < -0.3 is 9.72 Å². The fourth-order valence-corrected chi connectivity index (χ4v) is 2.63. The molecule has 0 atom stereocenters. The molecule has 0 radical (unpaired) electrons. The summed E-state index contributed by atoms with van der Waals surface area (Å²) in [5.74, 6) is -0.0702. The number of para-hydroxylation sites is 1. The summed E-state index contributed by atoms with van der Waals surface area (Å²) in [7, 11) is 0. The minimum Gasteiger partial charge on any atom is -0.461 e. The molecule has 3 aromatic rings. The Morgan fingerprint density at radius 1 is 1.35 bits per heavy atom. The Bertz CT molecular complexity index is 830. The van der Waals surface area contributed by atoms with Gasteiger partial charge in [0.25, 0.3) is 0 Å². The van der Waals surface area contributed by atoms with Gasteiger partial charge in [0, 0.05) is 17.1 Å². The zero-order valence-corrected chi connectivity index (χ0v) is 13.7. The smallest absolute Gasteiger partial charge is 0.356 e. The molecule has 23 heavy (non-hydrogen) atoms. The third-order valence-electron chi connectivity index (χ3n) is 3.87. The van der Waals surface area contributed by atoms with E-state index in [2.05, 4.69) is 30.0 Å². The van der Waals surface area contributed by atoms with Gasteiger partial charge in [-0.15, -0.1) is 0 Å². The molecule has 2 heterocycles. The van der Waals surface area contributed by atoms with Gasteiger partial charge in [0.2, 0.25) is 0 Å². The molecule has 0 bridgehead atoms. The Balaban J connectivity index is 1.99. The molecular formula is C18H21N3O2. The number of H-pyrrole nitrogens is 1. The van der Waals surface area contributed by atoms with Crippen LogP contribution in [0.15, 0.2) is 36.5 Å². The van der Waals surface area contributed by atoms with E-state index in [4.69, 9.17) is 4.74 Å². The summed E-state index contributed by atoms with van der Waals surface area (Å²) in [4.78, 5) is 15.5. The van der Waals surface area contributed by atoms with Gasteiger partial charge in [-0.3, -0.25) is 4.68 Å². The van der Waals surface area contributed by atoms with Gasteiger partial charge in [-0.1, -0.05) is 32.0 Å². The first-order valence-corrected chi connectivity index (χ1v) is 7.90. The van der Waals surface area contributed by atoms with E-state index in [-0.39, 0.29) is 11.9 Å². The number of fused-ring (bicyclic) bond motifs is 1. The first-order valence-electron chi connectivity index (χ1n) is 7.90. The quantitative estimate of drug-likeness (QED) is 0.731. The van der Waals surface area contributed by atoms with Crippen molar-refractivity contribution in [1.82, 2.24) is 14.8 Å². The predicted octanol–water partition coefficient (Wildman–Crippen LogP) is 3.71. The SMILES string of the molecule is CCOC(=O)c1cc(C(C)C)nn1Cc1c[nH]c2ccccc12. The van der Waals surface area contributed by atoms with Gasteiger partial charge >= 0.3 is 5.97 Å². The number of benzene rings is 1. The van der Waals surface area contributed by atoms with E-state index in [0.717, 1.165) is 22.2 Å². The molecule has 1 N–H and O–H groups in total. The normalized spacial score (nSPS) is 11.3. The molecule has 5 nitrogen and oxygen atoms in total. The Hall–Kier alpha value is -2.56. The van der Waals surface area contributed by atoms with Gasteiger partial charge in [0.1, 0.15) is 5.69 Å². The zero-order chi connectivity index (χ0) is 16.4. The van der Waals surface area contributed by atoms with E-state index < -0.39 is 0 Å². The lowest BCUT2D eigenvalue weighted by molar-refractivity contribution is 0.0512. The lowest BCUT2D eigenvalue weighted by Crippen LogP contribution is -2.14. The number of nitrogens with one attached hydrogen (secondary N) is 1. The Labute approximate surface area is 135 Å². The van der Waals surface area contributed by atoms with Crippen molar-refractivity contribution in [2.75, 3.05) is 6.61 Å². The van der Waals surface area contributed by atoms with Crippen molar-refractivity contribution in [2.24, 2.45) is 0 Å². The summed E-state index contributed by atoms with van der Waals surface area (Å²) in [5.41, 5.74) is 3.58. The van der Waals surface area contributed by atoms with Crippen molar-refractivity contribution in [1.29, 1.82) is 0 Å². The second kappa shape index (κ2) is 6.28. The van der Waals surface area contributed by atoms with Crippen molar-refractivity contribution < 1.29 is 9.53 Å². The van der Waals surface area contributed by atoms with Crippen molar-refractivity contribution in [3.63, 3.8) is 0 Å². The van der Waals surface area contributed by atoms with E-state index >= 15 is 0 Å².